The quantitative estimate of drug-likeness (QED) is 0.666. The van der Waals surface area contributed by atoms with E-state index >= 15 is 0 Å². The smallest absolute Gasteiger partial charge is 0.337 e. The van der Waals surface area contributed by atoms with Crippen LogP contribution in [0.4, 0.5) is 0 Å². The second kappa shape index (κ2) is 4.06. The highest BCUT2D eigenvalue weighted by atomic mass is 16.4. The molecule has 0 bridgehead atoms. The topological polar surface area (TPSA) is 106 Å². The van der Waals surface area contributed by atoms with Crippen LogP contribution < -0.4 is 0 Å². The minimum atomic E-state index is -1.02. The predicted octanol–water partition coefficient (Wildman–Crippen LogP) is 2.02. The van der Waals surface area contributed by atoms with E-state index < -0.39 is 11.9 Å². The molecule has 0 aliphatic carbocycles. The number of rotatable bonds is 3. The van der Waals surface area contributed by atoms with Gasteiger partial charge in [0.05, 0.1) is 22.5 Å². The van der Waals surface area contributed by atoms with Crippen molar-refractivity contribution in [3.05, 3.63) is 34.6 Å². The van der Waals surface area contributed by atoms with Crippen LogP contribution in [0.25, 0.3) is 11.4 Å². The van der Waals surface area contributed by atoms with Crippen molar-refractivity contribution in [2.75, 3.05) is 0 Å². The fourth-order valence-corrected chi connectivity index (χ4v) is 1.95. The summed E-state index contributed by atoms with van der Waals surface area (Å²) in [4.78, 5) is 27.6. The van der Waals surface area contributed by atoms with Crippen molar-refractivity contribution in [3.8, 4) is 11.4 Å². The number of carboxylic acid groups (broad SMARTS) is 2. The minimum Gasteiger partial charge on any atom is -0.478 e. The Morgan fingerprint density at radius 3 is 1.44 bits per heavy atom. The molecule has 0 saturated carbocycles. The van der Waals surface area contributed by atoms with Gasteiger partial charge in [-0.05, 0) is 25.0 Å². The van der Waals surface area contributed by atoms with E-state index in [-0.39, 0.29) is 11.1 Å². The van der Waals surface area contributed by atoms with Crippen molar-refractivity contribution in [2.24, 2.45) is 0 Å². The number of carboxylic acids is 2. The van der Waals surface area contributed by atoms with Crippen LogP contribution in [-0.4, -0.2) is 32.1 Å². The van der Waals surface area contributed by atoms with Crippen LogP contribution in [-0.2, 0) is 0 Å². The molecular weight excluding hydrogens is 236 g/mol. The van der Waals surface area contributed by atoms with Crippen LogP contribution >= 0.6 is 0 Å². The highest BCUT2D eigenvalue weighted by Crippen LogP contribution is 2.28. The molecule has 2 heterocycles. The Morgan fingerprint density at radius 1 is 0.889 bits per heavy atom. The number of aromatic carboxylic acids is 2. The lowest BCUT2D eigenvalue weighted by Crippen LogP contribution is -1.97. The molecule has 94 valence electrons. The minimum absolute atomic E-state index is 0.177. The van der Waals surface area contributed by atoms with Crippen molar-refractivity contribution in [2.45, 2.75) is 13.8 Å². The van der Waals surface area contributed by atoms with Crippen LogP contribution in [0.2, 0.25) is 0 Å². The van der Waals surface area contributed by atoms with Gasteiger partial charge in [-0.1, -0.05) is 0 Å². The van der Waals surface area contributed by atoms with Gasteiger partial charge >= 0.3 is 11.9 Å². The van der Waals surface area contributed by atoms with Crippen LogP contribution in [0.15, 0.2) is 12.4 Å². The van der Waals surface area contributed by atoms with Gasteiger partial charge in [-0.25, -0.2) is 9.59 Å². The van der Waals surface area contributed by atoms with Crippen LogP contribution in [0.5, 0.6) is 0 Å². The monoisotopic (exact) mass is 248 g/mol. The van der Waals surface area contributed by atoms with Crippen LogP contribution in [0.1, 0.15) is 31.8 Å². The molecule has 0 saturated heterocycles. The lowest BCUT2D eigenvalue weighted by Gasteiger charge is -2.00. The van der Waals surface area contributed by atoms with Gasteiger partial charge in [-0.3, -0.25) is 0 Å². The van der Waals surface area contributed by atoms with E-state index in [0.29, 0.717) is 22.5 Å². The van der Waals surface area contributed by atoms with Crippen LogP contribution in [0, 0.1) is 13.8 Å². The Kier molecular flexibility index (Phi) is 2.70. The summed E-state index contributed by atoms with van der Waals surface area (Å²) in [5.41, 5.74) is 2.69. The third-order valence-electron chi connectivity index (χ3n) is 2.99. The van der Waals surface area contributed by atoms with Gasteiger partial charge in [0.25, 0.3) is 0 Å². The molecular formula is C12H12N2O4. The number of carbonyl (C=O) groups is 2. The lowest BCUT2D eigenvalue weighted by molar-refractivity contribution is 0.0685. The van der Waals surface area contributed by atoms with Gasteiger partial charge in [0.2, 0.25) is 0 Å². The molecule has 0 spiro atoms. The molecule has 0 radical (unpaired) electrons. The first-order valence-corrected chi connectivity index (χ1v) is 5.26. The first-order chi connectivity index (χ1) is 8.43. The molecule has 2 aromatic heterocycles. The fraction of sp³-hybridized carbons (Fsp3) is 0.167. The van der Waals surface area contributed by atoms with Crippen LogP contribution in [0.3, 0.4) is 0 Å². The summed E-state index contributed by atoms with van der Waals surface area (Å²) in [5, 5.41) is 17.9. The number of hydrogen-bond acceptors (Lipinski definition) is 2. The third-order valence-corrected chi connectivity index (χ3v) is 2.99. The van der Waals surface area contributed by atoms with Crippen molar-refractivity contribution < 1.29 is 19.8 Å². The zero-order chi connectivity index (χ0) is 13.4. The first kappa shape index (κ1) is 12.0. The number of hydrogen-bond donors (Lipinski definition) is 4. The van der Waals surface area contributed by atoms with E-state index in [4.69, 9.17) is 10.2 Å². The normalized spacial score (nSPS) is 10.6. The maximum Gasteiger partial charge on any atom is 0.337 e. The summed E-state index contributed by atoms with van der Waals surface area (Å²) in [6, 6.07) is 0. The molecule has 0 aliphatic rings. The van der Waals surface area contributed by atoms with Crippen molar-refractivity contribution in [1.82, 2.24) is 9.97 Å². The van der Waals surface area contributed by atoms with E-state index in [1.807, 2.05) is 0 Å². The van der Waals surface area contributed by atoms with Crippen molar-refractivity contribution in [3.63, 3.8) is 0 Å². The van der Waals surface area contributed by atoms with Gasteiger partial charge in [0, 0.05) is 12.4 Å². The Hall–Kier alpha value is -2.50. The maximum atomic E-state index is 10.9. The van der Waals surface area contributed by atoms with Gasteiger partial charge in [0.15, 0.2) is 0 Å². The second-order valence-electron chi connectivity index (χ2n) is 4.02. The van der Waals surface area contributed by atoms with E-state index in [0.717, 1.165) is 0 Å². The van der Waals surface area contributed by atoms with E-state index in [1.165, 1.54) is 12.4 Å². The summed E-state index contributed by atoms with van der Waals surface area (Å²) in [6.07, 6.45) is 2.79. The highest BCUT2D eigenvalue weighted by molar-refractivity contribution is 5.94. The van der Waals surface area contributed by atoms with Gasteiger partial charge in [0.1, 0.15) is 0 Å². The molecule has 0 aromatic carbocycles. The molecule has 2 aromatic rings. The summed E-state index contributed by atoms with van der Waals surface area (Å²) >= 11 is 0. The average molecular weight is 248 g/mol. The summed E-state index contributed by atoms with van der Waals surface area (Å²) in [7, 11) is 0. The average Bonchev–Trinajstić information content (AvgIpc) is 2.81. The molecule has 6 nitrogen and oxygen atoms in total. The summed E-state index contributed by atoms with van der Waals surface area (Å²) in [5.74, 6) is -2.03. The third kappa shape index (κ3) is 1.67. The van der Waals surface area contributed by atoms with E-state index in [2.05, 4.69) is 9.97 Å². The number of nitrogens with one attached hydrogen (secondary N) is 2. The molecule has 4 N–H and O–H groups in total. The molecule has 18 heavy (non-hydrogen) atoms. The van der Waals surface area contributed by atoms with E-state index in [9.17, 15) is 9.59 Å². The standard InChI is InChI=1S/C12H12N2O4/c1-5-7(11(15)16)3-13-9(5)10-6(2)8(4-14-10)12(17)18/h3-4,13-14H,1-2H3,(H,15,16)(H,17,18). The van der Waals surface area contributed by atoms with Gasteiger partial charge in [-0.15, -0.1) is 0 Å². The second-order valence-corrected chi connectivity index (χ2v) is 4.02. The molecule has 0 fully saturated rings. The number of aromatic amines is 2. The number of aromatic nitrogens is 2. The summed E-state index contributed by atoms with van der Waals surface area (Å²) in [6.45, 7) is 3.35. The predicted molar refractivity (Wildman–Crippen MR) is 64.0 cm³/mol. The molecule has 6 heteroatoms. The van der Waals surface area contributed by atoms with Crippen molar-refractivity contribution in [1.29, 1.82) is 0 Å². The fourth-order valence-electron chi connectivity index (χ4n) is 1.95. The van der Waals surface area contributed by atoms with E-state index in [1.54, 1.807) is 13.8 Å². The Balaban J connectivity index is 2.56. The maximum absolute atomic E-state index is 10.9. The molecule has 0 aliphatic heterocycles. The van der Waals surface area contributed by atoms with Crippen molar-refractivity contribution >= 4 is 11.9 Å². The first-order valence-electron chi connectivity index (χ1n) is 5.26. The molecule has 0 atom stereocenters. The Bertz CT molecular complexity index is 580. The Morgan fingerprint density at radius 2 is 1.22 bits per heavy atom. The zero-order valence-electron chi connectivity index (χ0n) is 9.87. The lowest BCUT2D eigenvalue weighted by atomic mass is 10.1. The SMILES string of the molecule is Cc1c(C(=O)O)c[nH]c1-c1[nH]cc(C(=O)O)c1C. The molecule has 0 amide bonds. The highest BCUT2D eigenvalue weighted by Gasteiger charge is 2.19. The largest absolute Gasteiger partial charge is 0.478 e. The van der Waals surface area contributed by atoms with Gasteiger partial charge < -0.3 is 20.2 Å². The zero-order valence-corrected chi connectivity index (χ0v) is 9.87. The Labute approximate surface area is 102 Å². The van der Waals surface area contributed by atoms with Gasteiger partial charge in [-0.2, -0.15) is 0 Å². The number of H-pyrrole nitrogens is 2. The molecule has 2 rings (SSSR count). The summed E-state index contributed by atoms with van der Waals surface area (Å²) < 4.78 is 0. The molecule has 0 unspecified atom stereocenters.